The van der Waals surface area contributed by atoms with Gasteiger partial charge in [0, 0.05) is 23.6 Å². The van der Waals surface area contributed by atoms with Crippen LogP contribution in [0.3, 0.4) is 0 Å². The number of carboxylic acids is 1. The Morgan fingerprint density at radius 2 is 2.18 bits per heavy atom. The van der Waals surface area contributed by atoms with Crippen molar-refractivity contribution in [3.8, 4) is 5.75 Å². The molecule has 0 saturated heterocycles. The number of carboxylic acid groups (broad SMARTS) is 1. The van der Waals surface area contributed by atoms with Crippen LogP contribution in [0.1, 0.15) is 17.9 Å². The molecule has 0 radical (unpaired) electrons. The summed E-state index contributed by atoms with van der Waals surface area (Å²) in [6.07, 6.45) is -0.286. The van der Waals surface area contributed by atoms with Gasteiger partial charge in [0.1, 0.15) is 5.75 Å². The van der Waals surface area contributed by atoms with Crippen molar-refractivity contribution in [1.29, 1.82) is 0 Å². The quantitative estimate of drug-likeness (QED) is 0.516. The van der Waals surface area contributed by atoms with Crippen LogP contribution in [-0.4, -0.2) is 27.7 Å². The van der Waals surface area contributed by atoms with Gasteiger partial charge in [0.2, 0.25) is 0 Å². The lowest BCUT2D eigenvalue weighted by Crippen LogP contribution is -2.16. The number of phenols is 1. The number of hydrogen-bond donors (Lipinski definition) is 3. The van der Waals surface area contributed by atoms with E-state index >= 15 is 0 Å². The molecule has 0 spiro atoms. The average molecular weight is 240 g/mol. The van der Waals surface area contributed by atoms with Gasteiger partial charge >= 0.3 is 5.97 Å². The maximum absolute atomic E-state index is 10.6. The second-order valence-electron chi connectivity index (χ2n) is 3.53. The third-order valence-corrected chi connectivity index (χ3v) is 2.37. The molecule has 0 saturated carbocycles. The van der Waals surface area contributed by atoms with Crippen molar-refractivity contribution in [2.45, 2.75) is 12.3 Å². The van der Waals surface area contributed by atoms with Gasteiger partial charge in [0.15, 0.2) is 0 Å². The number of rotatable bonds is 5. The maximum atomic E-state index is 10.6. The summed E-state index contributed by atoms with van der Waals surface area (Å²) < 4.78 is 0. The fourth-order valence-electron chi connectivity index (χ4n) is 1.51. The van der Waals surface area contributed by atoms with Crippen LogP contribution < -0.4 is 5.73 Å². The van der Waals surface area contributed by atoms with E-state index in [2.05, 4.69) is 0 Å². The van der Waals surface area contributed by atoms with E-state index in [-0.39, 0.29) is 30.0 Å². The molecule has 1 unspecified atom stereocenters. The molecule has 1 rings (SSSR count). The number of aromatic hydroxyl groups is 1. The highest BCUT2D eigenvalue weighted by atomic mass is 16.6. The summed E-state index contributed by atoms with van der Waals surface area (Å²) in [6.45, 7) is -0.0129. The van der Waals surface area contributed by atoms with Gasteiger partial charge in [-0.1, -0.05) is 0 Å². The van der Waals surface area contributed by atoms with E-state index in [0.29, 0.717) is 0 Å². The van der Waals surface area contributed by atoms with Crippen molar-refractivity contribution in [2.75, 3.05) is 6.54 Å². The van der Waals surface area contributed by atoms with Gasteiger partial charge in [-0.05, 0) is 12.6 Å². The van der Waals surface area contributed by atoms with Gasteiger partial charge in [0.05, 0.1) is 11.3 Å². The third kappa shape index (κ3) is 3.15. The Morgan fingerprint density at radius 3 is 2.65 bits per heavy atom. The number of hydrogen-bond acceptors (Lipinski definition) is 5. The van der Waals surface area contributed by atoms with E-state index < -0.39 is 16.8 Å². The van der Waals surface area contributed by atoms with Crippen molar-refractivity contribution >= 4 is 11.7 Å². The lowest BCUT2D eigenvalue weighted by atomic mass is 9.94. The van der Waals surface area contributed by atoms with Gasteiger partial charge in [-0.2, -0.15) is 0 Å². The van der Waals surface area contributed by atoms with E-state index in [1.807, 2.05) is 0 Å². The van der Waals surface area contributed by atoms with Crippen LogP contribution in [0.2, 0.25) is 0 Å². The molecule has 92 valence electrons. The average Bonchev–Trinajstić information content (AvgIpc) is 2.26. The Morgan fingerprint density at radius 1 is 1.53 bits per heavy atom. The summed E-state index contributed by atoms with van der Waals surface area (Å²) in [6, 6.07) is 3.46. The Balaban J connectivity index is 3.12. The highest BCUT2D eigenvalue weighted by Crippen LogP contribution is 2.31. The molecule has 0 aliphatic rings. The van der Waals surface area contributed by atoms with E-state index in [4.69, 9.17) is 10.8 Å². The van der Waals surface area contributed by atoms with Gasteiger partial charge in [-0.25, -0.2) is 0 Å². The normalized spacial score (nSPS) is 12.1. The third-order valence-electron chi connectivity index (χ3n) is 2.37. The number of non-ortho nitro benzene ring substituents is 1. The Bertz CT molecular complexity index is 446. The van der Waals surface area contributed by atoms with Crippen molar-refractivity contribution in [3.63, 3.8) is 0 Å². The predicted octanol–water partition coefficient (Wildman–Crippen LogP) is 0.817. The molecule has 0 aromatic heterocycles. The number of nitrogens with two attached hydrogens (primary N) is 1. The lowest BCUT2D eigenvalue weighted by Gasteiger charge is -2.13. The molecular weight excluding hydrogens is 228 g/mol. The number of nitrogens with zero attached hydrogens (tertiary/aromatic N) is 1. The number of aliphatic carboxylic acids is 1. The number of benzene rings is 1. The first-order valence-electron chi connectivity index (χ1n) is 4.85. The lowest BCUT2D eigenvalue weighted by molar-refractivity contribution is -0.385. The molecule has 0 amide bonds. The molecule has 7 nitrogen and oxygen atoms in total. The van der Waals surface area contributed by atoms with Crippen molar-refractivity contribution in [3.05, 3.63) is 33.9 Å². The van der Waals surface area contributed by atoms with Crippen LogP contribution in [0, 0.1) is 10.1 Å². The number of carbonyl (C=O) groups is 1. The van der Waals surface area contributed by atoms with Crippen molar-refractivity contribution in [2.24, 2.45) is 5.73 Å². The second-order valence-corrected chi connectivity index (χ2v) is 3.53. The van der Waals surface area contributed by atoms with Crippen LogP contribution in [0.15, 0.2) is 18.2 Å². The number of phenolic OH excluding ortho intramolecular Hbond substituents is 1. The van der Waals surface area contributed by atoms with Crippen molar-refractivity contribution < 1.29 is 19.9 Å². The SMILES string of the molecule is NCC(CC(=O)O)c1cc([N+](=O)[O-])ccc1O. The molecule has 1 aromatic rings. The molecule has 1 aromatic carbocycles. The molecule has 7 heteroatoms. The molecule has 0 fully saturated rings. The monoisotopic (exact) mass is 240 g/mol. The van der Waals surface area contributed by atoms with E-state index in [0.717, 1.165) is 18.2 Å². The van der Waals surface area contributed by atoms with Crippen LogP contribution in [0.25, 0.3) is 0 Å². The summed E-state index contributed by atoms with van der Waals surface area (Å²) in [4.78, 5) is 20.6. The summed E-state index contributed by atoms with van der Waals surface area (Å²) in [5, 5.41) is 28.8. The molecule has 0 bridgehead atoms. The standard InChI is InChI=1S/C10H12N2O5/c11-5-6(3-10(14)15)8-4-7(12(16)17)1-2-9(8)13/h1-2,4,6,13H,3,5,11H2,(H,14,15). The zero-order valence-corrected chi connectivity index (χ0v) is 8.87. The van der Waals surface area contributed by atoms with E-state index in [1.54, 1.807) is 0 Å². The minimum absolute atomic E-state index is 0.0129. The Labute approximate surface area is 96.6 Å². The van der Waals surface area contributed by atoms with Gasteiger partial charge in [0.25, 0.3) is 5.69 Å². The van der Waals surface area contributed by atoms with Crippen LogP contribution in [0.4, 0.5) is 5.69 Å². The summed E-state index contributed by atoms with van der Waals surface area (Å²) in [7, 11) is 0. The summed E-state index contributed by atoms with van der Waals surface area (Å²) >= 11 is 0. The topological polar surface area (TPSA) is 127 Å². The fourth-order valence-corrected chi connectivity index (χ4v) is 1.51. The Hall–Kier alpha value is -2.15. The molecule has 4 N–H and O–H groups in total. The van der Waals surface area contributed by atoms with Crippen LogP contribution in [0.5, 0.6) is 5.75 Å². The molecule has 17 heavy (non-hydrogen) atoms. The zero-order chi connectivity index (χ0) is 13.0. The van der Waals surface area contributed by atoms with Gasteiger partial charge in [-0.3, -0.25) is 14.9 Å². The molecule has 0 aliphatic heterocycles. The summed E-state index contributed by atoms with van der Waals surface area (Å²) in [5.74, 6) is -1.91. The molecule has 1 atom stereocenters. The molecule has 0 heterocycles. The van der Waals surface area contributed by atoms with Gasteiger partial charge in [-0.15, -0.1) is 0 Å². The number of nitro groups is 1. The zero-order valence-electron chi connectivity index (χ0n) is 8.87. The predicted molar refractivity (Wildman–Crippen MR) is 58.8 cm³/mol. The first-order valence-corrected chi connectivity index (χ1v) is 4.85. The first-order chi connectivity index (χ1) is 7.95. The highest BCUT2D eigenvalue weighted by Gasteiger charge is 2.20. The minimum atomic E-state index is -1.08. The maximum Gasteiger partial charge on any atom is 0.304 e. The van der Waals surface area contributed by atoms with Crippen LogP contribution in [-0.2, 0) is 4.79 Å². The minimum Gasteiger partial charge on any atom is -0.508 e. The Kier molecular flexibility index (Phi) is 4.00. The largest absolute Gasteiger partial charge is 0.508 e. The van der Waals surface area contributed by atoms with E-state index in [1.165, 1.54) is 0 Å². The smallest absolute Gasteiger partial charge is 0.304 e. The first kappa shape index (κ1) is 12.9. The highest BCUT2D eigenvalue weighted by molar-refractivity contribution is 5.68. The van der Waals surface area contributed by atoms with E-state index in [9.17, 15) is 20.0 Å². The second kappa shape index (κ2) is 5.26. The fraction of sp³-hybridized carbons (Fsp3) is 0.300. The van der Waals surface area contributed by atoms with Crippen LogP contribution >= 0.6 is 0 Å². The number of nitro benzene ring substituents is 1. The molecular formula is C10H12N2O5. The van der Waals surface area contributed by atoms with Crippen molar-refractivity contribution in [1.82, 2.24) is 0 Å². The molecule has 0 aliphatic carbocycles. The summed E-state index contributed by atoms with van der Waals surface area (Å²) in [5.41, 5.74) is 5.38. The van der Waals surface area contributed by atoms with Gasteiger partial charge < -0.3 is 15.9 Å².